The number of rotatable bonds is 2. The van der Waals surface area contributed by atoms with Gasteiger partial charge in [-0.15, -0.1) is 11.3 Å². The molecule has 5 heteroatoms. The Hall–Kier alpha value is -2.66. The van der Waals surface area contributed by atoms with Gasteiger partial charge in [0.25, 0.3) is 0 Å². The van der Waals surface area contributed by atoms with Crippen molar-refractivity contribution in [1.82, 2.24) is 14.4 Å². The van der Waals surface area contributed by atoms with Crippen LogP contribution in [0.1, 0.15) is 5.56 Å². The Balaban J connectivity index is 1.92. The second-order valence-electron chi connectivity index (χ2n) is 5.17. The Bertz CT molecular complexity index is 936. The van der Waals surface area contributed by atoms with Gasteiger partial charge in [-0.1, -0.05) is 35.9 Å². The SMILES string of the molecule is Cc1ccc(-c2csc3nc(-c4ccccn4)c(N)n23)cc1. The molecule has 4 rings (SSSR count). The van der Waals surface area contributed by atoms with Crippen molar-refractivity contribution in [3.05, 3.63) is 59.6 Å². The third-order valence-electron chi connectivity index (χ3n) is 3.65. The van der Waals surface area contributed by atoms with Crippen LogP contribution >= 0.6 is 11.3 Å². The number of benzene rings is 1. The van der Waals surface area contributed by atoms with E-state index in [9.17, 15) is 0 Å². The van der Waals surface area contributed by atoms with Gasteiger partial charge in [-0.25, -0.2) is 4.98 Å². The van der Waals surface area contributed by atoms with Crippen molar-refractivity contribution in [3.63, 3.8) is 0 Å². The van der Waals surface area contributed by atoms with E-state index in [1.807, 2.05) is 22.6 Å². The highest BCUT2D eigenvalue weighted by Crippen LogP contribution is 2.33. The maximum atomic E-state index is 6.35. The minimum atomic E-state index is 0.630. The lowest BCUT2D eigenvalue weighted by Gasteiger charge is -2.03. The number of nitrogens with two attached hydrogens (primary N) is 1. The number of nitrogens with zero attached hydrogens (tertiary/aromatic N) is 3. The second kappa shape index (κ2) is 4.96. The van der Waals surface area contributed by atoms with Gasteiger partial charge in [0.15, 0.2) is 4.96 Å². The summed E-state index contributed by atoms with van der Waals surface area (Å²) in [4.78, 5) is 9.87. The van der Waals surface area contributed by atoms with Gasteiger partial charge in [-0.2, -0.15) is 0 Å². The predicted molar refractivity (Wildman–Crippen MR) is 90.9 cm³/mol. The molecule has 0 saturated heterocycles. The Labute approximate surface area is 131 Å². The molecule has 2 N–H and O–H groups in total. The Kier molecular flexibility index (Phi) is 2.94. The monoisotopic (exact) mass is 306 g/mol. The van der Waals surface area contributed by atoms with Gasteiger partial charge in [0.2, 0.25) is 0 Å². The number of anilines is 1. The number of hydrogen-bond acceptors (Lipinski definition) is 4. The molecule has 0 aliphatic carbocycles. The van der Waals surface area contributed by atoms with Gasteiger partial charge in [0.05, 0.1) is 11.4 Å². The molecule has 0 aliphatic rings. The topological polar surface area (TPSA) is 56.2 Å². The highest BCUT2D eigenvalue weighted by molar-refractivity contribution is 7.15. The second-order valence-corrected chi connectivity index (χ2v) is 6.00. The summed E-state index contributed by atoms with van der Waals surface area (Å²) < 4.78 is 2.00. The first kappa shape index (κ1) is 13.0. The van der Waals surface area contributed by atoms with E-state index in [4.69, 9.17) is 5.73 Å². The van der Waals surface area contributed by atoms with E-state index >= 15 is 0 Å². The largest absolute Gasteiger partial charge is 0.383 e. The molecule has 1 aromatic carbocycles. The molecule has 0 bridgehead atoms. The van der Waals surface area contributed by atoms with Crippen LogP contribution in [0.15, 0.2) is 54.0 Å². The third-order valence-corrected chi connectivity index (χ3v) is 4.48. The van der Waals surface area contributed by atoms with E-state index in [1.165, 1.54) is 5.56 Å². The lowest BCUT2D eigenvalue weighted by molar-refractivity contribution is 1.24. The van der Waals surface area contributed by atoms with Crippen LogP contribution in [0.4, 0.5) is 5.82 Å². The summed E-state index contributed by atoms with van der Waals surface area (Å²) >= 11 is 1.59. The van der Waals surface area contributed by atoms with Crippen LogP contribution in [0.2, 0.25) is 0 Å². The van der Waals surface area contributed by atoms with Crippen LogP contribution in [-0.2, 0) is 0 Å². The van der Waals surface area contributed by atoms with Gasteiger partial charge in [0.1, 0.15) is 11.5 Å². The van der Waals surface area contributed by atoms with Gasteiger partial charge in [-0.3, -0.25) is 9.38 Å². The van der Waals surface area contributed by atoms with E-state index in [0.29, 0.717) is 5.82 Å². The van der Waals surface area contributed by atoms with Gasteiger partial charge in [-0.05, 0) is 24.6 Å². The first-order valence-electron chi connectivity index (χ1n) is 6.98. The first-order valence-corrected chi connectivity index (χ1v) is 7.86. The molecule has 0 saturated carbocycles. The predicted octanol–water partition coefficient (Wildman–Crippen LogP) is 4.02. The van der Waals surface area contributed by atoms with Gasteiger partial charge >= 0.3 is 0 Å². The highest BCUT2D eigenvalue weighted by Gasteiger charge is 2.17. The van der Waals surface area contributed by atoms with Crippen LogP contribution in [-0.4, -0.2) is 14.4 Å². The maximum Gasteiger partial charge on any atom is 0.196 e. The van der Waals surface area contributed by atoms with Crippen molar-refractivity contribution < 1.29 is 0 Å². The number of hydrogen-bond donors (Lipinski definition) is 1. The van der Waals surface area contributed by atoms with E-state index in [-0.39, 0.29) is 0 Å². The minimum Gasteiger partial charge on any atom is -0.383 e. The first-order chi connectivity index (χ1) is 10.7. The zero-order valence-corrected chi connectivity index (χ0v) is 12.8. The molecular formula is C17H14N4S. The fourth-order valence-corrected chi connectivity index (χ4v) is 3.40. The number of aromatic nitrogens is 3. The fourth-order valence-electron chi connectivity index (χ4n) is 2.50. The molecule has 3 aromatic heterocycles. The molecular weight excluding hydrogens is 292 g/mol. The summed E-state index contributed by atoms with van der Waals surface area (Å²) in [5, 5.41) is 2.09. The number of aryl methyl sites for hydroxylation is 1. The summed E-state index contributed by atoms with van der Waals surface area (Å²) in [6.07, 6.45) is 1.75. The Morgan fingerprint density at radius 3 is 2.64 bits per heavy atom. The molecule has 4 nitrogen and oxygen atoms in total. The zero-order chi connectivity index (χ0) is 15.1. The molecule has 0 amide bonds. The van der Waals surface area contributed by atoms with E-state index in [1.54, 1.807) is 17.5 Å². The van der Waals surface area contributed by atoms with Crippen molar-refractivity contribution in [1.29, 1.82) is 0 Å². The molecule has 0 radical (unpaired) electrons. The Morgan fingerprint density at radius 1 is 1.09 bits per heavy atom. The Morgan fingerprint density at radius 2 is 1.91 bits per heavy atom. The molecule has 0 unspecified atom stereocenters. The minimum absolute atomic E-state index is 0.630. The standard InChI is InChI=1S/C17H14N4S/c1-11-5-7-12(8-6-11)14-10-22-17-20-15(16(18)21(14)17)13-4-2-3-9-19-13/h2-10H,18H2,1H3. The van der Waals surface area contributed by atoms with Crippen molar-refractivity contribution in [2.45, 2.75) is 6.92 Å². The van der Waals surface area contributed by atoms with Gasteiger partial charge < -0.3 is 5.73 Å². The van der Waals surface area contributed by atoms with Crippen LogP contribution in [0.3, 0.4) is 0 Å². The number of thiazole rings is 1. The van der Waals surface area contributed by atoms with Crippen molar-refractivity contribution in [2.75, 3.05) is 5.73 Å². The van der Waals surface area contributed by atoms with E-state index in [2.05, 4.69) is 46.5 Å². The summed E-state index contributed by atoms with van der Waals surface area (Å²) in [6.45, 7) is 2.08. The third kappa shape index (κ3) is 1.98. The maximum absolute atomic E-state index is 6.35. The smallest absolute Gasteiger partial charge is 0.196 e. The molecule has 4 aromatic rings. The molecule has 0 fully saturated rings. The summed E-state index contributed by atoms with van der Waals surface area (Å²) in [7, 11) is 0. The van der Waals surface area contributed by atoms with Crippen LogP contribution in [0.5, 0.6) is 0 Å². The lowest BCUT2D eigenvalue weighted by Crippen LogP contribution is -1.96. The molecule has 108 valence electrons. The van der Waals surface area contributed by atoms with Crippen LogP contribution < -0.4 is 5.73 Å². The van der Waals surface area contributed by atoms with Gasteiger partial charge in [0, 0.05) is 11.6 Å². The summed E-state index contributed by atoms with van der Waals surface area (Å²) in [5.41, 5.74) is 11.3. The van der Waals surface area contributed by atoms with Crippen molar-refractivity contribution in [2.24, 2.45) is 0 Å². The molecule has 3 heterocycles. The van der Waals surface area contributed by atoms with Crippen molar-refractivity contribution in [3.8, 4) is 22.6 Å². The molecule has 0 aliphatic heterocycles. The van der Waals surface area contributed by atoms with E-state index in [0.717, 1.165) is 27.6 Å². The highest BCUT2D eigenvalue weighted by atomic mass is 32.1. The number of imidazole rings is 1. The average Bonchev–Trinajstić information content (AvgIpc) is 3.10. The summed E-state index contributed by atoms with van der Waals surface area (Å²) in [5.74, 6) is 0.630. The lowest BCUT2D eigenvalue weighted by atomic mass is 10.1. The van der Waals surface area contributed by atoms with Crippen LogP contribution in [0, 0.1) is 6.92 Å². The number of nitrogen functional groups attached to an aromatic ring is 1. The normalized spacial score (nSPS) is 11.1. The van der Waals surface area contributed by atoms with E-state index < -0.39 is 0 Å². The molecule has 22 heavy (non-hydrogen) atoms. The molecule has 0 atom stereocenters. The zero-order valence-electron chi connectivity index (χ0n) is 12.0. The fraction of sp³-hybridized carbons (Fsp3) is 0.0588. The average molecular weight is 306 g/mol. The number of pyridine rings is 1. The summed E-state index contributed by atoms with van der Waals surface area (Å²) in [6, 6.07) is 14.2. The molecule has 0 spiro atoms. The number of fused-ring (bicyclic) bond motifs is 1. The van der Waals surface area contributed by atoms with Crippen molar-refractivity contribution >= 4 is 22.1 Å². The van der Waals surface area contributed by atoms with Crippen LogP contribution in [0.25, 0.3) is 27.6 Å². The quantitative estimate of drug-likeness (QED) is 0.608.